The summed E-state index contributed by atoms with van der Waals surface area (Å²) in [4.78, 5) is 11.5. The zero-order chi connectivity index (χ0) is 12.3. The van der Waals surface area contributed by atoms with Crippen molar-refractivity contribution in [3.05, 3.63) is 16.7 Å². The number of nitrogens with zero attached hydrogens (tertiary/aromatic N) is 3. The van der Waals surface area contributed by atoms with Crippen LogP contribution in [0.1, 0.15) is 0 Å². The van der Waals surface area contributed by atoms with Gasteiger partial charge in [0.1, 0.15) is 5.70 Å². The number of rotatable bonds is 0. The van der Waals surface area contributed by atoms with E-state index < -0.39 is 0 Å². The molecule has 3 heterocycles. The molecule has 0 saturated heterocycles. The van der Waals surface area contributed by atoms with Gasteiger partial charge >= 0.3 is 50.5 Å². The molecule has 0 fully saturated rings. The zero-order valence-corrected chi connectivity index (χ0v) is 17.6. The second kappa shape index (κ2) is 7.37. The Morgan fingerprint density at radius 2 is 2.24 bits per heavy atom. The number of imidazole rings is 1. The molecule has 1 aliphatic heterocycles. The predicted octanol–water partition coefficient (Wildman–Crippen LogP) is 0.360. The van der Waals surface area contributed by atoms with Crippen LogP contribution in [0.3, 0.4) is 0 Å². The van der Waals surface area contributed by atoms with Crippen molar-refractivity contribution in [2.75, 3.05) is 5.75 Å². The minimum absolute atomic E-state index is 0.530. The summed E-state index contributed by atoms with van der Waals surface area (Å²) in [6.45, 7) is 0. The van der Waals surface area contributed by atoms with Crippen LogP contribution >= 0.6 is 71.6 Å². The average molecular weight is 698 g/mol. The summed E-state index contributed by atoms with van der Waals surface area (Å²) in [6.07, 6.45) is 3.52. The SMILES string of the molecule is I/C=C1\CSc2c3[nH]cnc3nc[n+]21.I[I-]I. The summed E-state index contributed by atoms with van der Waals surface area (Å²) >= 11 is 9.37. The molecule has 0 amide bonds. The summed E-state index contributed by atoms with van der Waals surface area (Å²) in [6, 6.07) is 0. The number of hydrogen-bond donors (Lipinski definition) is 1. The van der Waals surface area contributed by atoms with Crippen LogP contribution in [0.2, 0.25) is 0 Å². The van der Waals surface area contributed by atoms with E-state index in [0.717, 1.165) is 16.9 Å². The van der Waals surface area contributed by atoms with Crippen LogP contribution in [-0.4, -0.2) is 20.7 Å². The fourth-order valence-corrected chi connectivity index (χ4v) is 3.39. The molecule has 0 aliphatic carbocycles. The fraction of sp³-hybridized carbons (Fsp3) is 0.125. The number of aromatic amines is 1. The Bertz CT molecular complexity index is 555. The van der Waals surface area contributed by atoms with E-state index in [2.05, 4.69) is 83.4 Å². The molecule has 0 saturated carbocycles. The molecule has 0 spiro atoms. The van der Waals surface area contributed by atoms with Crippen molar-refractivity contribution in [2.24, 2.45) is 0 Å². The third-order valence-corrected chi connectivity index (χ3v) is 3.97. The zero-order valence-electron chi connectivity index (χ0n) is 8.20. The van der Waals surface area contributed by atoms with Gasteiger partial charge in [-0.15, -0.1) is 0 Å². The van der Waals surface area contributed by atoms with E-state index in [0.29, 0.717) is 13.3 Å². The number of nitrogens with one attached hydrogen (secondary N) is 1. The monoisotopic (exact) mass is 698 g/mol. The third-order valence-electron chi connectivity index (χ3n) is 2.14. The topological polar surface area (TPSA) is 45.5 Å². The van der Waals surface area contributed by atoms with E-state index in [9.17, 15) is 0 Å². The van der Waals surface area contributed by atoms with E-state index in [1.165, 1.54) is 10.7 Å². The van der Waals surface area contributed by atoms with Crippen molar-refractivity contribution >= 4 is 88.4 Å². The molecule has 1 N–H and O–H groups in total. The molecule has 0 radical (unpaired) electrons. The van der Waals surface area contributed by atoms with Crippen LogP contribution in [0, 0.1) is 0 Å². The first-order valence-corrected chi connectivity index (χ1v) is 19.1. The molecule has 2 aromatic rings. The van der Waals surface area contributed by atoms with E-state index in [4.69, 9.17) is 0 Å². The maximum atomic E-state index is 4.27. The first kappa shape index (κ1) is 15.0. The van der Waals surface area contributed by atoms with Crippen molar-refractivity contribution in [1.82, 2.24) is 15.0 Å². The molecular formula is C8H6I4N4S. The van der Waals surface area contributed by atoms with E-state index in [1.54, 1.807) is 6.33 Å². The van der Waals surface area contributed by atoms with Gasteiger partial charge in [-0.25, -0.2) is 0 Å². The van der Waals surface area contributed by atoms with Gasteiger partial charge < -0.3 is 4.98 Å². The van der Waals surface area contributed by atoms with Crippen molar-refractivity contribution < 1.29 is 17.8 Å². The molecule has 1 aliphatic rings. The van der Waals surface area contributed by atoms with Crippen LogP contribution in [-0.2, 0) is 0 Å². The normalized spacial score (nSPS) is 16.1. The Morgan fingerprint density at radius 1 is 1.47 bits per heavy atom. The van der Waals surface area contributed by atoms with Gasteiger partial charge in [0.2, 0.25) is 0 Å². The number of fused-ring (bicyclic) bond motifs is 3. The van der Waals surface area contributed by atoms with Gasteiger partial charge in [0, 0.05) is 4.08 Å². The van der Waals surface area contributed by atoms with Crippen LogP contribution in [0.4, 0.5) is 0 Å². The summed E-state index contributed by atoms with van der Waals surface area (Å²) in [7, 11) is 0. The quantitative estimate of drug-likeness (QED) is 0.246. The van der Waals surface area contributed by atoms with Gasteiger partial charge in [0.15, 0.2) is 10.5 Å². The number of aromatic nitrogens is 4. The second-order valence-electron chi connectivity index (χ2n) is 2.96. The van der Waals surface area contributed by atoms with Crippen LogP contribution < -0.4 is 17.8 Å². The number of hydrogen-bond acceptors (Lipinski definition) is 3. The summed E-state index contributed by atoms with van der Waals surface area (Å²) < 4.78 is 4.20. The molecule has 4 nitrogen and oxygen atoms in total. The summed E-state index contributed by atoms with van der Waals surface area (Å²) in [5, 5.41) is 1.20. The number of thioether (sulfide) groups is 1. The second-order valence-corrected chi connectivity index (χ2v) is 20.8. The van der Waals surface area contributed by atoms with E-state index in [1.807, 2.05) is 18.1 Å². The molecule has 17 heavy (non-hydrogen) atoms. The summed E-state index contributed by atoms with van der Waals surface area (Å²) in [5.41, 5.74) is 3.10. The van der Waals surface area contributed by atoms with Crippen LogP contribution in [0.25, 0.3) is 16.9 Å². The Kier molecular flexibility index (Phi) is 6.49. The molecule has 0 bridgehead atoms. The standard InChI is InChI=1S/C8H5IN4S.I3/c9-1-5-2-14-8-6-7(11-3-10-6)12-4-13(5)8;1-3-2/h1,3-4H,2H2;/q;-1/p+1/b5-1+;. The van der Waals surface area contributed by atoms with Crippen molar-refractivity contribution in [3.63, 3.8) is 0 Å². The van der Waals surface area contributed by atoms with Crippen LogP contribution in [0.5, 0.6) is 0 Å². The number of H-pyrrole nitrogens is 1. The van der Waals surface area contributed by atoms with Crippen molar-refractivity contribution in [1.29, 1.82) is 0 Å². The minimum atomic E-state index is 0.530. The molecule has 3 rings (SSSR count). The Morgan fingerprint density at radius 3 is 2.94 bits per heavy atom. The van der Waals surface area contributed by atoms with Gasteiger partial charge in [0.05, 0.1) is 12.1 Å². The molecule has 0 aromatic carbocycles. The van der Waals surface area contributed by atoms with Gasteiger partial charge in [-0.2, -0.15) is 9.55 Å². The average Bonchev–Trinajstić information content (AvgIpc) is 2.95. The molecule has 9 heteroatoms. The van der Waals surface area contributed by atoms with Crippen molar-refractivity contribution in [2.45, 2.75) is 5.03 Å². The first-order chi connectivity index (χ1) is 8.31. The molecule has 92 valence electrons. The Labute approximate surface area is 146 Å². The fourth-order valence-electron chi connectivity index (χ4n) is 1.47. The van der Waals surface area contributed by atoms with E-state index >= 15 is 0 Å². The van der Waals surface area contributed by atoms with Gasteiger partial charge in [0.25, 0.3) is 12.0 Å². The van der Waals surface area contributed by atoms with Gasteiger partial charge in [-0.1, -0.05) is 11.8 Å². The summed E-state index contributed by atoms with van der Waals surface area (Å²) in [5.74, 6) is 1.00. The van der Waals surface area contributed by atoms with Crippen molar-refractivity contribution in [3.8, 4) is 0 Å². The first-order valence-electron chi connectivity index (χ1n) is 4.35. The van der Waals surface area contributed by atoms with Gasteiger partial charge in [-0.05, 0) is 27.6 Å². The number of halogens is 4. The van der Waals surface area contributed by atoms with Crippen LogP contribution in [0.15, 0.2) is 21.8 Å². The Balaban J connectivity index is 0.000000329. The molecule has 0 atom stereocenters. The molecule has 2 aromatic heterocycles. The molecular weight excluding hydrogens is 692 g/mol. The van der Waals surface area contributed by atoms with Gasteiger partial charge in [-0.3, -0.25) is 0 Å². The maximum absolute atomic E-state index is 4.27. The molecule has 0 unspecified atom stereocenters. The third kappa shape index (κ3) is 3.36. The predicted molar refractivity (Wildman–Crippen MR) is 91.1 cm³/mol. The van der Waals surface area contributed by atoms with E-state index in [-0.39, 0.29) is 0 Å². The Hall–Kier alpha value is 1.56.